The first-order valence-electron chi connectivity index (χ1n) is 7.62. The van der Waals surface area contributed by atoms with Crippen molar-refractivity contribution < 1.29 is 13.7 Å². The van der Waals surface area contributed by atoms with Crippen molar-refractivity contribution in [1.82, 2.24) is 10.2 Å². The average molecular weight is 300 g/mol. The Hall–Kier alpha value is -0.620. The lowest BCUT2D eigenvalue weighted by molar-refractivity contribution is -0.0704. The summed E-state index contributed by atoms with van der Waals surface area (Å²) in [5.41, 5.74) is 0.315. The van der Waals surface area contributed by atoms with Gasteiger partial charge in [0.15, 0.2) is 0 Å². The Morgan fingerprint density at radius 1 is 1.50 bits per heavy atom. The van der Waals surface area contributed by atoms with Gasteiger partial charge in [-0.25, -0.2) is 4.79 Å². The van der Waals surface area contributed by atoms with E-state index in [0.29, 0.717) is 17.3 Å². The largest absolute Gasteiger partial charge is 0.378 e. The second-order valence-electron chi connectivity index (χ2n) is 6.40. The van der Waals surface area contributed by atoms with Crippen LogP contribution in [-0.2, 0) is 15.5 Å². The van der Waals surface area contributed by atoms with Crippen molar-refractivity contribution in [3.05, 3.63) is 0 Å². The van der Waals surface area contributed by atoms with E-state index in [-0.39, 0.29) is 12.1 Å². The molecule has 2 heterocycles. The monoisotopic (exact) mass is 300 g/mol. The number of hydrogen-bond acceptors (Lipinski definition) is 3. The van der Waals surface area contributed by atoms with Crippen LogP contribution in [0.5, 0.6) is 0 Å². The molecule has 2 atom stereocenters. The Morgan fingerprint density at radius 3 is 2.95 bits per heavy atom. The lowest BCUT2D eigenvalue weighted by Crippen LogP contribution is -2.48. The predicted molar refractivity (Wildman–Crippen MR) is 78.1 cm³/mol. The number of nitrogens with one attached hydrogen (secondary N) is 1. The third kappa shape index (κ3) is 2.86. The summed E-state index contributed by atoms with van der Waals surface area (Å²) in [6.45, 7) is 4.52. The zero-order valence-electron chi connectivity index (χ0n) is 12.1. The molecule has 0 radical (unpaired) electrons. The van der Waals surface area contributed by atoms with Crippen molar-refractivity contribution in [3.8, 4) is 0 Å². The van der Waals surface area contributed by atoms with Crippen LogP contribution in [0.25, 0.3) is 0 Å². The minimum Gasteiger partial charge on any atom is -0.378 e. The summed E-state index contributed by atoms with van der Waals surface area (Å²) in [5.74, 6) is 1.35. The van der Waals surface area contributed by atoms with Gasteiger partial charge >= 0.3 is 6.03 Å². The van der Waals surface area contributed by atoms with Gasteiger partial charge in [0, 0.05) is 48.0 Å². The number of nitrogens with zero attached hydrogens (tertiary/aromatic N) is 1. The van der Waals surface area contributed by atoms with Gasteiger partial charge in [-0.3, -0.25) is 4.21 Å². The molecule has 1 spiro atoms. The number of rotatable bonds is 3. The number of likely N-dealkylation sites (tertiary alicyclic amines) is 1. The molecular formula is C14H24N2O3S. The van der Waals surface area contributed by atoms with Crippen LogP contribution in [-0.4, -0.2) is 58.5 Å². The Bertz CT molecular complexity index is 409. The van der Waals surface area contributed by atoms with Gasteiger partial charge in [0.25, 0.3) is 0 Å². The normalized spacial score (nSPS) is 40.0. The summed E-state index contributed by atoms with van der Waals surface area (Å²) in [4.78, 5) is 14.2. The second kappa shape index (κ2) is 5.64. The van der Waals surface area contributed by atoms with E-state index in [9.17, 15) is 9.00 Å². The Kier molecular flexibility index (Phi) is 4.04. The molecule has 1 aliphatic carbocycles. The predicted octanol–water partition coefficient (Wildman–Crippen LogP) is 1.11. The summed E-state index contributed by atoms with van der Waals surface area (Å²) >= 11 is 0. The van der Waals surface area contributed by atoms with E-state index in [1.165, 1.54) is 0 Å². The second-order valence-corrected chi connectivity index (χ2v) is 8.02. The van der Waals surface area contributed by atoms with E-state index in [1.54, 1.807) is 0 Å². The summed E-state index contributed by atoms with van der Waals surface area (Å²) in [6, 6.07) is 0.142. The Labute approximate surface area is 122 Å². The van der Waals surface area contributed by atoms with Crippen LogP contribution in [0.4, 0.5) is 4.79 Å². The summed E-state index contributed by atoms with van der Waals surface area (Å²) in [6.07, 6.45) is 4.54. The van der Waals surface area contributed by atoms with Crippen molar-refractivity contribution in [2.75, 3.05) is 31.2 Å². The van der Waals surface area contributed by atoms with Crippen LogP contribution in [0.15, 0.2) is 0 Å². The number of carbonyl (C=O) groups excluding carboxylic acids is 1. The molecule has 3 rings (SSSR count). The van der Waals surface area contributed by atoms with E-state index < -0.39 is 10.8 Å². The molecule has 0 aromatic heterocycles. The van der Waals surface area contributed by atoms with Crippen molar-refractivity contribution in [2.45, 2.75) is 44.8 Å². The van der Waals surface area contributed by atoms with Gasteiger partial charge in [0.2, 0.25) is 0 Å². The molecule has 20 heavy (non-hydrogen) atoms. The van der Waals surface area contributed by atoms with Gasteiger partial charge in [-0.1, -0.05) is 0 Å². The Balaban J connectivity index is 1.46. The van der Waals surface area contributed by atoms with Crippen molar-refractivity contribution >= 4 is 16.8 Å². The standard InChI is InChI=1S/C14H24N2O3S/c1-2-19-12-7-14(8-12)4-5-16(10-14)13(17)15-11-3-6-20(18)9-11/h11-12H,2-10H2,1H3,(H,15,17). The quantitative estimate of drug-likeness (QED) is 0.849. The minimum atomic E-state index is -0.733. The van der Waals surface area contributed by atoms with Crippen LogP contribution < -0.4 is 5.32 Å². The van der Waals surface area contributed by atoms with Gasteiger partial charge in [0.05, 0.1) is 6.10 Å². The molecule has 0 aromatic carbocycles. The van der Waals surface area contributed by atoms with Gasteiger partial charge in [0.1, 0.15) is 0 Å². The molecule has 114 valence electrons. The zero-order chi connectivity index (χ0) is 14.2. The number of hydrogen-bond donors (Lipinski definition) is 1. The van der Waals surface area contributed by atoms with Gasteiger partial charge in [-0.05, 0) is 38.0 Å². The fraction of sp³-hybridized carbons (Fsp3) is 0.929. The van der Waals surface area contributed by atoms with E-state index >= 15 is 0 Å². The minimum absolute atomic E-state index is 0.0330. The fourth-order valence-corrected chi connectivity index (χ4v) is 5.16. The number of urea groups is 1. The number of amides is 2. The molecule has 1 N–H and O–H groups in total. The number of ether oxygens (including phenoxy) is 1. The molecule has 2 saturated heterocycles. The van der Waals surface area contributed by atoms with Crippen LogP contribution in [0, 0.1) is 5.41 Å². The highest BCUT2D eigenvalue weighted by Gasteiger charge is 2.49. The highest BCUT2D eigenvalue weighted by molar-refractivity contribution is 7.85. The van der Waals surface area contributed by atoms with E-state index in [4.69, 9.17) is 4.74 Å². The molecule has 3 fully saturated rings. The van der Waals surface area contributed by atoms with E-state index in [0.717, 1.165) is 51.1 Å². The van der Waals surface area contributed by atoms with Gasteiger partial charge in [-0.15, -0.1) is 0 Å². The molecule has 0 aromatic rings. The maximum Gasteiger partial charge on any atom is 0.317 e. The summed E-state index contributed by atoms with van der Waals surface area (Å²) in [5, 5.41) is 3.04. The molecule has 6 heteroatoms. The smallest absolute Gasteiger partial charge is 0.317 e. The van der Waals surface area contributed by atoms with E-state index in [1.807, 2.05) is 11.8 Å². The highest BCUT2D eigenvalue weighted by atomic mass is 32.2. The molecule has 3 aliphatic rings. The first kappa shape index (κ1) is 14.3. The maximum atomic E-state index is 12.2. The molecule has 2 aliphatic heterocycles. The third-order valence-electron chi connectivity index (χ3n) is 4.86. The lowest BCUT2D eigenvalue weighted by Gasteiger charge is -2.44. The van der Waals surface area contributed by atoms with Gasteiger partial charge in [-0.2, -0.15) is 0 Å². The first-order chi connectivity index (χ1) is 9.60. The summed E-state index contributed by atoms with van der Waals surface area (Å²) in [7, 11) is -0.733. The van der Waals surface area contributed by atoms with Crippen molar-refractivity contribution in [2.24, 2.45) is 5.41 Å². The fourth-order valence-electron chi connectivity index (χ4n) is 3.75. The van der Waals surface area contributed by atoms with E-state index in [2.05, 4.69) is 5.32 Å². The lowest BCUT2D eigenvalue weighted by atomic mass is 9.66. The van der Waals surface area contributed by atoms with Crippen LogP contribution in [0.1, 0.15) is 32.6 Å². The third-order valence-corrected chi connectivity index (χ3v) is 6.32. The van der Waals surface area contributed by atoms with Crippen LogP contribution in [0.2, 0.25) is 0 Å². The highest BCUT2D eigenvalue weighted by Crippen LogP contribution is 2.49. The molecule has 2 unspecified atom stereocenters. The van der Waals surface area contributed by atoms with Crippen LogP contribution >= 0.6 is 0 Å². The molecule has 2 amide bonds. The first-order valence-corrected chi connectivity index (χ1v) is 9.11. The molecule has 1 saturated carbocycles. The maximum absolute atomic E-state index is 12.2. The average Bonchev–Trinajstić information content (AvgIpc) is 2.96. The number of carbonyl (C=O) groups is 1. The zero-order valence-corrected chi connectivity index (χ0v) is 12.9. The Morgan fingerprint density at radius 2 is 2.30 bits per heavy atom. The van der Waals surface area contributed by atoms with Crippen molar-refractivity contribution in [1.29, 1.82) is 0 Å². The van der Waals surface area contributed by atoms with Crippen LogP contribution in [0.3, 0.4) is 0 Å². The molecular weight excluding hydrogens is 276 g/mol. The molecule has 0 bridgehead atoms. The van der Waals surface area contributed by atoms with Gasteiger partial charge < -0.3 is 15.0 Å². The SMILES string of the molecule is CCOC1CC2(CCN(C(=O)NC3CCS(=O)C3)C2)C1. The topological polar surface area (TPSA) is 58.6 Å². The summed E-state index contributed by atoms with van der Waals surface area (Å²) < 4.78 is 17.0. The van der Waals surface area contributed by atoms with Crippen molar-refractivity contribution in [3.63, 3.8) is 0 Å². The molecule has 5 nitrogen and oxygen atoms in total.